The van der Waals surface area contributed by atoms with Crippen LogP contribution in [0.25, 0.3) is 5.65 Å². The Kier molecular flexibility index (Phi) is 5.49. The summed E-state index contributed by atoms with van der Waals surface area (Å²) in [7, 11) is -3.62. The number of nitrogens with zero attached hydrogens (tertiary/aromatic N) is 3. The lowest BCUT2D eigenvalue weighted by Crippen LogP contribution is -2.40. The maximum absolute atomic E-state index is 12.9. The lowest BCUT2D eigenvalue weighted by molar-refractivity contribution is 0.102. The number of sulfonamides is 1. The van der Waals surface area contributed by atoms with E-state index in [0.717, 1.165) is 18.0 Å². The molecule has 0 unspecified atom stereocenters. The van der Waals surface area contributed by atoms with Crippen LogP contribution in [0.2, 0.25) is 0 Å². The average Bonchev–Trinajstić information content (AvgIpc) is 3.49. The maximum atomic E-state index is 12.9. The summed E-state index contributed by atoms with van der Waals surface area (Å²) in [4.78, 5) is 17.3. The fourth-order valence-electron chi connectivity index (χ4n) is 5.61. The number of hydrogen-bond acceptors (Lipinski definition) is 5. The van der Waals surface area contributed by atoms with E-state index in [9.17, 15) is 13.2 Å². The number of benzene rings is 1. The smallest absolute Gasteiger partial charge is 0.259 e. The summed E-state index contributed by atoms with van der Waals surface area (Å²) in [6.45, 7) is 5.66. The van der Waals surface area contributed by atoms with Crippen molar-refractivity contribution in [3.63, 3.8) is 0 Å². The number of amides is 1. The molecule has 1 amide bonds. The van der Waals surface area contributed by atoms with Crippen molar-refractivity contribution in [2.24, 2.45) is 17.8 Å². The molecule has 174 valence electrons. The topological polar surface area (TPSA) is 105 Å². The Bertz CT molecular complexity index is 1320. The Labute approximate surface area is 193 Å². The Morgan fingerprint density at radius 3 is 2.58 bits per heavy atom. The molecule has 3 aromatic rings. The molecule has 2 aromatic heterocycles. The molecule has 2 aliphatic carbocycles. The largest absolute Gasteiger partial charge is 0.322 e. The van der Waals surface area contributed by atoms with Crippen molar-refractivity contribution in [2.45, 2.75) is 57.4 Å². The second-order valence-corrected chi connectivity index (χ2v) is 11.3. The van der Waals surface area contributed by atoms with Crippen LogP contribution in [0.4, 0.5) is 5.69 Å². The Morgan fingerprint density at radius 1 is 1.15 bits per heavy atom. The van der Waals surface area contributed by atoms with Gasteiger partial charge in [0.25, 0.3) is 5.91 Å². The van der Waals surface area contributed by atoms with Gasteiger partial charge in [0.2, 0.25) is 10.0 Å². The van der Waals surface area contributed by atoms with Gasteiger partial charge in [-0.15, -0.1) is 0 Å². The lowest BCUT2D eigenvalue weighted by Gasteiger charge is -2.28. The number of carbonyl (C=O) groups excluding carboxylic acids is 1. The molecule has 4 atom stereocenters. The molecular formula is C24H29N5O3S. The molecule has 9 heteroatoms. The predicted molar refractivity (Wildman–Crippen MR) is 126 cm³/mol. The standard InChI is InChI=1S/C24H29N5O3S/c1-14-10-23-25-13-22(16(3)29(23)27-14)24(30)26-19-6-8-20(9-7-19)33(31,32)28-15(2)21-12-17-4-5-18(21)11-17/h6-10,13,15,17-18,21,28H,4-5,11-12H2,1-3H3,(H,26,30)/t15-,17-,18-,21+/m0/s1. The molecular weight excluding hydrogens is 438 g/mol. The summed E-state index contributed by atoms with van der Waals surface area (Å²) in [5, 5.41) is 7.18. The molecule has 2 saturated carbocycles. The van der Waals surface area contributed by atoms with E-state index < -0.39 is 10.0 Å². The highest BCUT2D eigenvalue weighted by Crippen LogP contribution is 2.49. The average molecular weight is 468 g/mol. The zero-order valence-electron chi connectivity index (χ0n) is 19.1. The van der Waals surface area contributed by atoms with Gasteiger partial charge in [0.05, 0.1) is 21.8 Å². The Morgan fingerprint density at radius 2 is 1.91 bits per heavy atom. The van der Waals surface area contributed by atoms with Gasteiger partial charge in [0.1, 0.15) is 0 Å². The molecule has 1 aromatic carbocycles. The van der Waals surface area contributed by atoms with Crippen molar-refractivity contribution in [2.75, 3.05) is 5.32 Å². The van der Waals surface area contributed by atoms with Crippen LogP contribution in [-0.2, 0) is 10.0 Å². The highest BCUT2D eigenvalue weighted by Gasteiger charge is 2.42. The summed E-state index contributed by atoms with van der Waals surface area (Å²) in [5.74, 6) is 1.51. The number of carbonyl (C=O) groups is 1. The van der Waals surface area contributed by atoms with Gasteiger partial charge < -0.3 is 5.32 Å². The van der Waals surface area contributed by atoms with Crippen molar-refractivity contribution in [1.29, 1.82) is 0 Å². The third kappa shape index (κ3) is 4.15. The van der Waals surface area contributed by atoms with E-state index >= 15 is 0 Å². The van der Waals surface area contributed by atoms with E-state index in [1.54, 1.807) is 16.6 Å². The summed E-state index contributed by atoms with van der Waals surface area (Å²) in [5.41, 5.74) is 3.11. The minimum atomic E-state index is -3.62. The molecule has 2 aliphatic rings. The van der Waals surface area contributed by atoms with Gasteiger partial charge in [-0.05, 0) is 82.1 Å². The lowest BCUT2D eigenvalue weighted by atomic mass is 9.84. The molecule has 2 bridgehead atoms. The minimum absolute atomic E-state index is 0.0824. The van der Waals surface area contributed by atoms with Crippen LogP contribution in [0, 0.1) is 31.6 Å². The Balaban J connectivity index is 1.27. The molecule has 0 radical (unpaired) electrons. The normalized spacial score (nSPS) is 23.2. The van der Waals surface area contributed by atoms with E-state index in [1.165, 1.54) is 37.6 Å². The third-order valence-corrected chi connectivity index (χ3v) is 8.86. The van der Waals surface area contributed by atoms with Gasteiger partial charge >= 0.3 is 0 Å². The van der Waals surface area contributed by atoms with Crippen LogP contribution in [0.1, 0.15) is 54.4 Å². The molecule has 0 aliphatic heterocycles. The number of fused-ring (bicyclic) bond motifs is 3. The maximum Gasteiger partial charge on any atom is 0.259 e. The van der Waals surface area contributed by atoms with Crippen molar-refractivity contribution in [1.82, 2.24) is 19.3 Å². The predicted octanol–water partition coefficient (Wildman–Crippen LogP) is 3.70. The van der Waals surface area contributed by atoms with Crippen molar-refractivity contribution >= 4 is 27.3 Å². The molecule has 2 N–H and O–H groups in total. The van der Waals surface area contributed by atoms with Crippen LogP contribution >= 0.6 is 0 Å². The highest BCUT2D eigenvalue weighted by molar-refractivity contribution is 7.89. The molecule has 2 fully saturated rings. The number of anilines is 1. The first-order chi connectivity index (χ1) is 15.7. The number of hydrogen-bond donors (Lipinski definition) is 2. The van der Waals surface area contributed by atoms with Gasteiger partial charge in [-0.3, -0.25) is 4.79 Å². The number of rotatable bonds is 6. The van der Waals surface area contributed by atoms with Crippen LogP contribution in [0.15, 0.2) is 41.4 Å². The molecule has 0 spiro atoms. The van der Waals surface area contributed by atoms with Crippen LogP contribution in [-0.4, -0.2) is 35.0 Å². The first kappa shape index (κ1) is 22.0. The number of aryl methyl sites for hydroxylation is 2. The number of nitrogens with one attached hydrogen (secondary N) is 2. The second kappa shape index (κ2) is 8.22. The first-order valence-electron chi connectivity index (χ1n) is 11.5. The summed E-state index contributed by atoms with van der Waals surface area (Å²) >= 11 is 0. The van der Waals surface area contributed by atoms with Gasteiger partial charge in [-0.25, -0.2) is 22.6 Å². The summed E-state index contributed by atoms with van der Waals surface area (Å²) in [6, 6.07) is 8.02. The van der Waals surface area contributed by atoms with Crippen LogP contribution in [0.3, 0.4) is 0 Å². The van der Waals surface area contributed by atoms with Crippen LogP contribution < -0.4 is 10.0 Å². The van der Waals surface area contributed by atoms with Gasteiger partial charge in [0, 0.05) is 24.0 Å². The highest BCUT2D eigenvalue weighted by atomic mass is 32.2. The van der Waals surface area contributed by atoms with E-state index in [0.29, 0.717) is 34.4 Å². The minimum Gasteiger partial charge on any atom is -0.322 e. The zero-order valence-corrected chi connectivity index (χ0v) is 19.9. The van der Waals surface area contributed by atoms with E-state index in [-0.39, 0.29) is 16.8 Å². The molecule has 0 saturated heterocycles. The third-order valence-electron chi connectivity index (χ3n) is 7.29. The summed E-state index contributed by atoms with van der Waals surface area (Å²) < 4.78 is 30.4. The quantitative estimate of drug-likeness (QED) is 0.575. The molecule has 5 rings (SSSR count). The van der Waals surface area contributed by atoms with Crippen LogP contribution in [0.5, 0.6) is 0 Å². The van der Waals surface area contributed by atoms with E-state index in [4.69, 9.17) is 0 Å². The fourth-order valence-corrected chi connectivity index (χ4v) is 6.90. The zero-order chi connectivity index (χ0) is 23.3. The first-order valence-corrected chi connectivity index (χ1v) is 13.0. The molecule has 33 heavy (non-hydrogen) atoms. The summed E-state index contributed by atoms with van der Waals surface area (Å²) in [6.07, 6.45) is 6.40. The van der Waals surface area contributed by atoms with E-state index in [2.05, 4.69) is 20.1 Å². The van der Waals surface area contributed by atoms with Gasteiger partial charge in [-0.1, -0.05) is 6.42 Å². The fraction of sp³-hybridized carbons (Fsp3) is 0.458. The molecule has 8 nitrogen and oxygen atoms in total. The van der Waals surface area contributed by atoms with Gasteiger partial charge in [-0.2, -0.15) is 5.10 Å². The SMILES string of the molecule is Cc1cc2ncc(C(=O)Nc3ccc(S(=O)(=O)N[C@@H](C)[C@H]4C[C@H]5CC[C@H]4C5)cc3)c(C)n2n1. The van der Waals surface area contributed by atoms with Crippen molar-refractivity contribution < 1.29 is 13.2 Å². The van der Waals surface area contributed by atoms with Crippen molar-refractivity contribution in [3.05, 3.63) is 53.5 Å². The monoisotopic (exact) mass is 467 g/mol. The second-order valence-electron chi connectivity index (χ2n) is 9.54. The van der Waals surface area contributed by atoms with Gasteiger partial charge in [0.15, 0.2) is 5.65 Å². The van der Waals surface area contributed by atoms with Crippen molar-refractivity contribution in [3.8, 4) is 0 Å². The Hall–Kier alpha value is -2.78. The number of aromatic nitrogens is 3. The van der Waals surface area contributed by atoms with E-state index in [1.807, 2.05) is 26.8 Å². The molecule has 2 heterocycles.